The number of rotatable bonds is 7. The lowest BCUT2D eigenvalue weighted by Gasteiger charge is -2.30. The van der Waals surface area contributed by atoms with E-state index in [2.05, 4.69) is 4.98 Å². The zero-order chi connectivity index (χ0) is 23.6. The first-order valence-electron chi connectivity index (χ1n) is 10.9. The molecule has 0 unspecified atom stereocenters. The Labute approximate surface area is 192 Å². The number of nitrogens with zero attached hydrogens (tertiary/aromatic N) is 3. The van der Waals surface area contributed by atoms with Crippen LogP contribution in [0.25, 0.3) is 0 Å². The van der Waals surface area contributed by atoms with Gasteiger partial charge in [-0.2, -0.15) is 4.31 Å². The topological polar surface area (TPSA) is 114 Å². The lowest BCUT2D eigenvalue weighted by molar-refractivity contribution is -0.149. The van der Waals surface area contributed by atoms with Crippen molar-refractivity contribution >= 4 is 27.8 Å². The molecular formula is C23H25N3O6S. The lowest BCUT2D eigenvalue weighted by atomic mass is 10.0. The second-order valence-electron chi connectivity index (χ2n) is 8.01. The largest absolute Gasteiger partial charge is 0.466 e. The van der Waals surface area contributed by atoms with Crippen LogP contribution >= 0.6 is 0 Å². The Bertz CT molecular complexity index is 1140. The molecule has 174 valence electrons. The molecule has 0 bridgehead atoms. The van der Waals surface area contributed by atoms with Crippen LogP contribution < -0.4 is 0 Å². The molecule has 0 saturated carbocycles. The molecule has 1 aromatic heterocycles. The highest BCUT2D eigenvalue weighted by molar-refractivity contribution is 7.89. The van der Waals surface area contributed by atoms with E-state index in [0.29, 0.717) is 31.4 Å². The number of imide groups is 1. The molecule has 10 heteroatoms. The van der Waals surface area contributed by atoms with Gasteiger partial charge >= 0.3 is 5.97 Å². The van der Waals surface area contributed by atoms with Crippen molar-refractivity contribution in [3.8, 4) is 0 Å². The summed E-state index contributed by atoms with van der Waals surface area (Å²) < 4.78 is 32.5. The molecule has 1 aromatic carbocycles. The molecule has 0 N–H and O–H groups in total. The zero-order valence-corrected chi connectivity index (χ0v) is 19.1. The molecule has 2 amide bonds. The minimum atomic E-state index is -3.75. The molecular weight excluding hydrogens is 446 g/mol. The molecule has 33 heavy (non-hydrogen) atoms. The van der Waals surface area contributed by atoms with Crippen molar-refractivity contribution < 1.29 is 27.5 Å². The highest BCUT2D eigenvalue weighted by Gasteiger charge is 2.36. The summed E-state index contributed by atoms with van der Waals surface area (Å²) in [6, 6.07) is 9.58. The second-order valence-corrected chi connectivity index (χ2v) is 9.95. The van der Waals surface area contributed by atoms with Crippen LogP contribution in [-0.4, -0.2) is 66.6 Å². The fraction of sp³-hybridized carbons (Fsp3) is 0.391. The number of carbonyl (C=O) groups is 3. The monoisotopic (exact) mass is 471 g/mol. The Morgan fingerprint density at radius 1 is 1.15 bits per heavy atom. The van der Waals surface area contributed by atoms with Crippen molar-refractivity contribution in [3.63, 3.8) is 0 Å². The summed E-state index contributed by atoms with van der Waals surface area (Å²) in [6.45, 7) is 2.63. The molecule has 3 heterocycles. The number of amides is 2. The van der Waals surface area contributed by atoms with Gasteiger partial charge in [0.2, 0.25) is 10.0 Å². The van der Waals surface area contributed by atoms with Gasteiger partial charge in [-0.25, -0.2) is 8.42 Å². The second kappa shape index (κ2) is 9.40. The highest BCUT2D eigenvalue weighted by Crippen LogP contribution is 2.25. The van der Waals surface area contributed by atoms with Crippen molar-refractivity contribution in [2.75, 3.05) is 26.2 Å². The van der Waals surface area contributed by atoms with E-state index in [-0.39, 0.29) is 42.2 Å². The number of benzene rings is 1. The normalized spacial score (nSPS) is 18.9. The number of hydrogen-bond donors (Lipinski definition) is 0. The molecule has 0 spiro atoms. The predicted octanol–water partition coefficient (Wildman–Crippen LogP) is 1.88. The minimum absolute atomic E-state index is 0.108. The Kier molecular flexibility index (Phi) is 6.57. The number of piperidine rings is 1. The van der Waals surface area contributed by atoms with Gasteiger partial charge in [-0.1, -0.05) is 12.1 Å². The van der Waals surface area contributed by atoms with Gasteiger partial charge < -0.3 is 4.74 Å². The average molecular weight is 472 g/mol. The van der Waals surface area contributed by atoms with E-state index >= 15 is 0 Å². The van der Waals surface area contributed by atoms with Crippen LogP contribution in [0.4, 0.5) is 0 Å². The summed E-state index contributed by atoms with van der Waals surface area (Å²) in [6.07, 6.45) is 3.07. The summed E-state index contributed by atoms with van der Waals surface area (Å²) >= 11 is 0. The Hall–Kier alpha value is -3.11. The van der Waals surface area contributed by atoms with Gasteiger partial charge in [-0.15, -0.1) is 0 Å². The average Bonchev–Trinajstić information content (AvgIpc) is 3.08. The van der Waals surface area contributed by atoms with Gasteiger partial charge in [-0.3, -0.25) is 24.3 Å². The van der Waals surface area contributed by atoms with Crippen LogP contribution in [0.3, 0.4) is 0 Å². The van der Waals surface area contributed by atoms with Crippen LogP contribution in [0.15, 0.2) is 47.5 Å². The molecule has 0 radical (unpaired) electrons. The molecule has 1 atom stereocenters. The molecule has 2 aliphatic rings. The number of hydrogen-bond acceptors (Lipinski definition) is 7. The first-order chi connectivity index (χ1) is 15.8. The van der Waals surface area contributed by atoms with Crippen molar-refractivity contribution in [2.24, 2.45) is 5.92 Å². The number of carbonyl (C=O) groups excluding carboxylic acids is 3. The molecule has 9 nitrogen and oxygen atoms in total. The first kappa shape index (κ1) is 23.1. The summed E-state index contributed by atoms with van der Waals surface area (Å²) in [4.78, 5) is 42.2. The maximum absolute atomic E-state index is 13.1. The van der Waals surface area contributed by atoms with E-state index in [1.807, 2.05) is 0 Å². The Balaban J connectivity index is 1.40. The minimum Gasteiger partial charge on any atom is -0.466 e. The third kappa shape index (κ3) is 4.53. The van der Waals surface area contributed by atoms with Crippen molar-refractivity contribution in [1.82, 2.24) is 14.2 Å². The number of ether oxygens (including phenoxy) is 1. The van der Waals surface area contributed by atoms with Crippen LogP contribution in [0.5, 0.6) is 0 Å². The van der Waals surface area contributed by atoms with E-state index in [9.17, 15) is 22.8 Å². The maximum Gasteiger partial charge on any atom is 0.310 e. The van der Waals surface area contributed by atoms with E-state index in [1.165, 1.54) is 22.6 Å². The first-order valence-corrected chi connectivity index (χ1v) is 12.3. The summed E-state index contributed by atoms with van der Waals surface area (Å²) in [5.41, 5.74) is 1.25. The van der Waals surface area contributed by atoms with Gasteiger partial charge in [0.1, 0.15) is 5.69 Å². The van der Waals surface area contributed by atoms with Gasteiger partial charge in [0, 0.05) is 25.8 Å². The van der Waals surface area contributed by atoms with Gasteiger partial charge in [0.05, 0.1) is 23.0 Å². The quantitative estimate of drug-likeness (QED) is 0.447. The van der Waals surface area contributed by atoms with Crippen molar-refractivity contribution in [1.29, 1.82) is 0 Å². The van der Waals surface area contributed by atoms with E-state index in [0.717, 1.165) is 10.5 Å². The number of fused-ring (bicyclic) bond motifs is 1. The lowest BCUT2D eigenvalue weighted by Crippen LogP contribution is -2.42. The van der Waals surface area contributed by atoms with Crippen molar-refractivity contribution in [2.45, 2.75) is 31.1 Å². The van der Waals surface area contributed by atoms with Gasteiger partial charge in [0.25, 0.3) is 11.8 Å². The fourth-order valence-electron chi connectivity index (χ4n) is 4.15. The maximum atomic E-state index is 13.1. The summed E-state index contributed by atoms with van der Waals surface area (Å²) in [7, 11) is -3.75. The van der Waals surface area contributed by atoms with Crippen LogP contribution in [0, 0.1) is 5.92 Å². The molecule has 0 aliphatic carbocycles. The van der Waals surface area contributed by atoms with Gasteiger partial charge in [0.15, 0.2) is 0 Å². The zero-order valence-electron chi connectivity index (χ0n) is 18.3. The van der Waals surface area contributed by atoms with Crippen molar-refractivity contribution in [3.05, 3.63) is 59.4 Å². The number of pyridine rings is 1. The third-order valence-corrected chi connectivity index (χ3v) is 7.80. The number of esters is 1. The molecule has 2 aromatic rings. The standard InChI is InChI=1S/C23H25N3O6S/c1-2-32-23(29)17-5-4-13-25(15-17)33(30,31)18-9-7-16(8-10-18)11-14-26-21(27)19-6-3-12-24-20(19)22(26)28/h3,6-10,12,17H,2,4-5,11,13-15H2,1H3/t17-/m1/s1. The molecule has 1 fully saturated rings. The SMILES string of the molecule is CCOC(=O)[C@@H]1CCCN(S(=O)(=O)c2ccc(CCN3C(=O)c4cccnc4C3=O)cc2)C1. The smallest absolute Gasteiger partial charge is 0.310 e. The van der Waals surface area contributed by atoms with E-state index in [4.69, 9.17) is 4.74 Å². The van der Waals surface area contributed by atoms with Crippen LogP contribution in [-0.2, 0) is 26.0 Å². The molecule has 4 rings (SSSR count). The Morgan fingerprint density at radius 3 is 2.61 bits per heavy atom. The van der Waals surface area contributed by atoms with Crippen LogP contribution in [0.1, 0.15) is 46.2 Å². The van der Waals surface area contributed by atoms with E-state index in [1.54, 1.807) is 31.2 Å². The molecule has 2 aliphatic heterocycles. The van der Waals surface area contributed by atoms with Crippen LogP contribution in [0.2, 0.25) is 0 Å². The van der Waals surface area contributed by atoms with Gasteiger partial charge in [-0.05, 0) is 56.0 Å². The number of aromatic nitrogens is 1. The number of sulfonamides is 1. The fourth-order valence-corrected chi connectivity index (χ4v) is 5.67. The summed E-state index contributed by atoms with van der Waals surface area (Å²) in [5.74, 6) is -1.61. The summed E-state index contributed by atoms with van der Waals surface area (Å²) in [5, 5.41) is 0. The third-order valence-electron chi connectivity index (χ3n) is 5.92. The van der Waals surface area contributed by atoms with E-state index < -0.39 is 21.8 Å². The predicted molar refractivity (Wildman–Crippen MR) is 118 cm³/mol. The molecule has 1 saturated heterocycles. The Morgan fingerprint density at radius 2 is 1.91 bits per heavy atom. The highest BCUT2D eigenvalue weighted by atomic mass is 32.2.